The first-order valence-electron chi connectivity index (χ1n) is 13.8. The van der Waals surface area contributed by atoms with Gasteiger partial charge < -0.3 is 14.8 Å². The highest BCUT2D eigenvalue weighted by Gasteiger charge is 2.49. The van der Waals surface area contributed by atoms with Crippen LogP contribution >= 0.6 is 0 Å². The van der Waals surface area contributed by atoms with Crippen molar-refractivity contribution in [2.75, 3.05) is 5.32 Å². The Hall–Kier alpha value is -3.56. The molecule has 0 aromatic heterocycles. The summed E-state index contributed by atoms with van der Waals surface area (Å²) in [5.41, 5.74) is 2.18. The number of fused-ring (bicyclic) bond motifs is 2. The van der Waals surface area contributed by atoms with Crippen LogP contribution in [-0.2, 0) is 37.3 Å². The zero-order chi connectivity index (χ0) is 29.0. The van der Waals surface area contributed by atoms with E-state index in [9.17, 15) is 13.2 Å². The molecule has 1 atom stereocenters. The molecule has 2 aliphatic heterocycles. The Kier molecular flexibility index (Phi) is 6.77. The van der Waals surface area contributed by atoms with Gasteiger partial charge in [-0.05, 0) is 80.3 Å². The Balaban J connectivity index is 1.31. The predicted octanol–water partition coefficient (Wildman–Crippen LogP) is 6.20. The number of anilines is 1. The molecule has 8 heteroatoms. The second kappa shape index (κ2) is 10.1. The van der Waals surface area contributed by atoms with Gasteiger partial charge in [0.2, 0.25) is 15.9 Å². The zero-order valence-electron chi connectivity index (χ0n) is 23.6. The maximum atomic E-state index is 14.1. The minimum absolute atomic E-state index is 0.109. The fourth-order valence-electron chi connectivity index (χ4n) is 5.41. The fraction of sp³-hybridized carbons (Fsp3) is 0.303. The third-order valence-electron chi connectivity index (χ3n) is 8.52. The summed E-state index contributed by atoms with van der Waals surface area (Å²) < 4.78 is 41.8. The summed E-state index contributed by atoms with van der Waals surface area (Å²) >= 11 is 0. The predicted molar refractivity (Wildman–Crippen MR) is 159 cm³/mol. The van der Waals surface area contributed by atoms with Crippen LogP contribution in [0.2, 0.25) is 0 Å². The third-order valence-corrected chi connectivity index (χ3v) is 10.4. The van der Waals surface area contributed by atoms with Crippen LogP contribution in [0.5, 0.6) is 0 Å². The van der Waals surface area contributed by atoms with Gasteiger partial charge in [0.1, 0.15) is 6.04 Å². The molecule has 1 saturated heterocycles. The highest BCUT2D eigenvalue weighted by atomic mass is 32.2. The van der Waals surface area contributed by atoms with Crippen LogP contribution in [0.15, 0.2) is 95.9 Å². The summed E-state index contributed by atoms with van der Waals surface area (Å²) in [4.78, 5) is 14.0. The smallest absolute Gasteiger partial charge is 0.244 e. The molecule has 4 aromatic rings. The molecule has 0 spiro atoms. The minimum atomic E-state index is -4.00. The average molecular weight is 571 g/mol. The van der Waals surface area contributed by atoms with E-state index >= 15 is 0 Å². The highest BCUT2D eigenvalue weighted by molar-refractivity contribution is 7.89. The van der Waals surface area contributed by atoms with Crippen molar-refractivity contribution in [2.24, 2.45) is 0 Å². The molecule has 212 valence electrons. The van der Waals surface area contributed by atoms with Crippen molar-refractivity contribution in [3.05, 3.63) is 108 Å². The van der Waals surface area contributed by atoms with Crippen LogP contribution in [-0.4, -0.2) is 35.9 Å². The Morgan fingerprint density at radius 2 is 1.46 bits per heavy atom. The van der Waals surface area contributed by atoms with Crippen LogP contribution < -0.4 is 5.32 Å². The van der Waals surface area contributed by atoms with Gasteiger partial charge in [0, 0.05) is 17.8 Å². The summed E-state index contributed by atoms with van der Waals surface area (Å²) in [6, 6.07) is 26.8. The molecule has 1 N–H and O–H groups in total. The number of carbonyl (C=O) groups is 1. The first-order valence-corrected chi connectivity index (χ1v) is 15.2. The first-order chi connectivity index (χ1) is 19.4. The zero-order valence-corrected chi connectivity index (χ0v) is 24.4. The molecule has 4 aromatic carbocycles. The second-order valence-corrected chi connectivity index (χ2v) is 13.6. The maximum Gasteiger partial charge on any atom is 0.244 e. The Bertz CT molecular complexity index is 1730. The number of rotatable bonds is 5. The maximum absolute atomic E-state index is 14.1. The van der Waals surface area contributed by atoms with Gasteiger partial charge in [-0.15, -0.1) is 0 Å². The van der Waals surface area contributed by atoms with Crippen molar-refractivity contribution in [3.63, 3.8) is 0 Å². The van der Waals surface area contributed by atoms with Gasteiger partial charge in [0.15, 0.2) is 6.29 Å². The van der Waals surface area contributed by atoms with Crippen LogP contribution in [0.25, 0.3) is 10.8 Å². The van der Waals surface area contributed by atoms with Gasteiger partial charge in [-0.3, -0.25) is 4.79 Å². The molecule has 41 heavy (non-hydrogen) atoms. The van der Waals surface area contributed by atoms with E-state index in [1.165, 1.54) is 4.31 Å². The molecule has 7 nitrogen and oxygen atoms in total. The van der Waals surface area contributed by atoms with Gasteiger partial charge >= 0.3 is 0 Å². The lowest BCUT2D eigenvalue weighted by atomic mass is 9.90. The largest absolute Gasteiger partial charge is 0.339 e. The summed E-state index contributed by atoms with van der Waals surface area (Å²) in [5.74, 6) is -0.394. The van der Waals surface area contributed by atoms with Crippen LogP contribution in [0.3, 0.4) is 0 Å². The van der Waals surface area contributed by atoms with Gasteiger partial charge in [-0.2, -0.15) is 4.31 Å². The lowest BCUT2D eigenvalue weighted by molar-refractivity contribution is -0.120. The van der Waals surface area contributed by atoms with Crippen molar-refractivity contribution in [1.29, 1.82) is 0 Å². The van der Waals surface area contributed by atoms with Crippen LogP contribution in [0, 0.1) is 0 Å². The highest BCUT2D eigenvalue weighted by Crippen LogP contribution is 2.45. The lowest BCUT2D eigenvalue weighted by Gasteiger charge is -2.35. The van der Waals surface area contributed by atoms with Crippen molar-refractivity contribution in [3.8, 4) is 0 Å². The van der Waals surface area contributed by atoms with Crippen molar-refractivity contribution in [2.45, 2.75) is 69.1 Å². The lowest BCUT2D eigenvalue weighted by Crippen LogP contribution is -2.50. The molecule has 2 aliphatic rings. The summed E-state index contributed by atoms with van der Waals surface area (Å²) in [6.45, 7) is 8.07. The van der Waals surface area contributed by atoms with E-state index in [4.69, 9.17) is 9.47 Å². The normalized spacial score (nSPS) is 20.5. The molecule has 0 saturated carbocycles. The third kappa shape index (κ3) is 5.06. The van der Waals surface area contributed by atoms with E-state index in [0.717, 1.165) is 27.5 Å². The van der Waals surface area contributed by atoms with Gasteiger partial charge in [0.05, 0.1) is 16.1 Å². The molecule has 1 fully saturated rings. The number of amides is 1. The molecule has 0 radical (unpaired) electrons. The molecular formula is C33H34N2O5S. The molecule has 1 amide bonds. The minimum Gasteiger partial charge on any atom is -0.339 e. The van der Waals surface area contributed by atoms with Crippen LogP contribution in [0.4, 0.5) is 5.69 Å². The molecule has 1 unspecified atom stereocenters. The molecule has 6 rings (SSSR count). The number of nitrogens with zero attached hydrogens (tertiary/aromatic N) is 1. The van der Waals surface area contributed by atoms with E-state index in [1.807, 2.05) is 94.4 Å². The van der Waals surface area contributed by atoms with E-state index < -0.39 is 39.5 Å². The molecular weight excluding hydrogens is 536 g/mol. The SMILES string of the molecule is CC1(C)OC(c2cccc(NC(=O)C3Cc4ccccc4CN3S(=O)(=O)c3ccc4ccccc4c3)c2)OC1(C)C. The van der Waals surface area contributed by atoms with Gasteiger partial charge in [-0.1, -0.05) is 66.7 Å². The Morgan fingerprint density at radius 1 is 0.805 bits per heavy atom. The summed E-state index contributed by atoms with van der Waals surface area (Å²) in [7, 11) is -4.00. The van der Waals surface area contributed by atoms with E-state index in [2.05, 4.69) is 5.32 Å². The average Bonchev–Trinajstić information content (AvgIpc) is 3.18. The van der Waals surface area contributed by atoms with E-state index in [-0.39, 0.29) is 17.9 Å². The van der Waals surface area contributed by atoms with Gasteiger partial charge in [-0.25, -0.2) is 8.42 Å². The van der Waals surface area contributed by atoms with Crippen molar-refractivity contribution in [1.82, 2.24) is 4.31 Å². The quantitative estimate of drug-likeness (QED) is 0.309. The van der Waals surface area contributed by atoms with Crippen LogP contribution in [0.1, 0.15) is 50.7 Å². The number of hydrogen-bond acceptors (Lipinski definition) is 5. The fourth-order valence-corrected chi connectivity index (χ4v) is 7.01. The van der Waals surface area contributed by atoms with E-state index in [0.29, 0.717) is 5.69 Å². The number of carbonyl (C=O) groups excluding carboxylic acids is 1. The standard InChI is InChI=1S/C33H34N2O5S/c1-32(2)33(3,4)40-31(39-32)25-14-9-15-27(18-25)34-30(36)29-20-24-12-7-8-13-26(24)21-35(29)41(37,38)28-17-16-22-10-5-6-11-23(22)19-28/h5-19,29,31H,20-21H2,1-4H3,(H,34,36). The topological polar surface area (TPSA) is 84.9 Å². The molecule has 0 aliphatic carbocycles. The monoisotopic (exact) mass is 570 g/mol. The molecule has 0 bridgehead atoms. The van der Waals surface area contributed by atoms with E-state index in [1.54, 1.807) is 24.3 Å². The second-order valence-electron chi connectivity index (χ2n) is 11.8. The first kappa shape index (κ1) is 27.6. The molecule has 2 heterocycles. The summed E-state index contributed by atoms with van der Waals surface area (Å²) in [6.07, 6.45) is -0.311. The summed E-state index contributed by atoms with van der Waals surface area (Å²) in [5, 5.41) is 4.75. The number of benzene rings is 4. The van der Waals surface area contributed by atoms with Crippen molar-refractivity contribution < 1.29 is 22.7 Å². The number of hydrogen-bond donors (Lipinski definition) is 1. The Morgan fingerprint density at radius 3 is 2.20 bits per heavy atom. The van der Waals surface area contributed by atoms with Gasteiger partial charge in [0.25, 0.3) is 0 Å². The number of sulfonamides is 1. The number of nitrogens with one attached hydrogen (secondary N) is 1. The number of ether oxygens (including phenoxy) is 2. The Labute approximate surface area is 241 Å². The van der Waals surface area contributed by atoms with Crippen molar-refractivity contribution >= 4 is 32.4 Å².